The van der Waals surface area contributed by atoms with E-state index >= 15 is 0 Å². The zero-order valence-electron chi connectivity index (χ0n) is 11.6. The lowest BCUT2D eigenvalue weighted by Gasteiger charge is -2.10. The van der Waals surface area contributed by atoms with Crippen LogP contribution in [0, 0.1) is 0 Å². The summed E-state index contributed by atoms with van der Waals surface area (Å²) < 4.78 is 10.7. The molecule has 2 aromatic rings. The molecule has 0 aromatic heterocycles. The number of hydrogen-bond donors (Lipinski definition) is 2. The van der Waals surface area contributed by atoms with Crippen LogP contribution in [0.25, 0.3) is 0 Å². The molecule has 0 saturated heterocycles. The Morgan fingerprint density at radius 2 is 1.95 bits per heavy atom. The fourth-order valence-electron chi connectivity index (χ4n) is 2.55. The molecule has 4 rings (SSSR count). The van der Waals surface area contributed by atoms with Crippen molar-refractivity contribution >= 4 is 17.3 Å². The Hall–Kier alpha value is -2.86. The number of nitrogens with two attached hydrogens (primary N) is 1. The maximum Gasteiger partial charge on any atom is 0.263 e. The SMILES string of the molecule is NC1N=C(c2ccc3c(c2)OCO3)c2ccccc2NC1=O. The number of ether oxygens (including phenoxy) is 2. The third-order valence-electron chi connectivity index (χ3n) is 3.62. The number of benzodiazepines with no additional fused rings is 1. The summed E-state index contributed by atoms with van der Waals surface area (Å²) in [6.45, 7) is 0.210. The van der Waals surface area contributed by atoms with E-state index in [4.69, 9.17) is 15.2 Å². The number of amides is 1. The zero-order chi connectivity index (χ0) is 15.1. The molecule has 2 aromatic carbocycles. The monoisotopic (exact) mass is 295 g/mol. The van der Waals surface area contributed by atoms with Crippen LogP contribution in [0.3, 0.4) is 0 Å². The minimum Gasteiger partial charge on any atom is -0.454 e. The van der Waals surface area contributed by atoms with Crippen LogP contribution in [0.2, 0.25) is 0 Å². The fourth-order valence-corrected chi connectivity index (χ4v) is 2.55. The topological polar surface area (TPSA) is 85.9 Å². The second-order valence-electron chi connectivity index (χ2n) is 5.03. The van der Waals surface area contributed by atoms with Crippen LogP contribution in [0.1, 0.15) is 11.1 Å². The Labute approximate surface area is 126 Å². The first-order valence-corrected chi connectivity index (χ1v) is 6.86. The van der Waals surface area contributed by atoms with E-state index in [1.54, 1.807) is 0 Å². The number of rotatable bonds is 1. The van der Waals surface area contributed by atoms with E-state index in [0.29, 0.717) is 22.9 Å². The van der Waals surface area contributed by atoms with E-state index in [9.17, 15) is 4.79 Å². The van der Waals surface area contributed by atoms with Gasteiger partial charge in [-0.1, -0.05) is 18.2 Å². The summed E-state index contributed by atoms with van der Waals surface area (Å²) in [5.74, 6) is 1.03. The summed E-state index contributed by atoms with van der Waals surface area (Å²) in [6, 6.07) is 13.0. The summed E-state index contributed by atoms with van der Waals surface area (Å²) in [5.41, 5.74) is 8.83. The molecule has 0 spiro atoms. The molecule has 6 nitrogen and oxygen atoms in total. The van der Waals surface area contributed by atoms with Gasteiger partial charge < -0.3 is 20.5 Å². The molecule has 0 radical (unpaired) electrons. The third kappa shape index (κ3) is 2.01. The van der Waals surface area contributed by atoms with E-state index in [2.05, 4.69) is 10.3 Å². The highest BCUT2D eigenvalue weighted by atomic mass is 16.7. The summed E-state index contributed by atoms with van der Waals surface area (Å²) in [5, 5.41) is 2.79. The number of nitrogens with one attached hydrogen (secondary N) is 1. The Morgan fingerprint density at radius 1 is 1.14 bits per heavy atom. The fraction of sp³-hybridized carbons (Fsp3) is 0.125. The van der Waals surface area contributed by atoms with E-state index in [1.807, 2.05) is 42.5 Å². The first-order valence-electron chi connectivity index (χ1n) is 6.86. The Balaban J connectivity index is 1.88. The summed E-state index contributed by atoms with van der Waals surface area (Å²) in [7, 11) is 0. The summed E-state index contributed by atoms with van der Waals surface area (Å²) in [6.07, 6.45) is -0.951. The average molecular weight is 295 g/mol. The molecular formula is C16H13N3O3. The second kappa shape index (κ2) is 4.85. The van der Waals surface area contributed by atoms with Gasteiger partial charge in [0, 0.05) is 11.1 Å². The van der Waals surface area contributed by atoms with Crippen LogP contribution in [0.5, 0.6) is 11.5 Å². The van der Waals surface area contributed by atoms with Gasteiger partial charge in [-0.15, -0.1) is 0 Å². The lowest BCUT2D eigenvalue weighted by Crippen LogP contribution is -2.33. The van der Waals surface area contributed by atoms with Gasteiger partial charge in [-0.05, 0) is 24.3 Å². The van der Waals surface area contributed by atoms with Gasteiger partial charge in [0.05, 0.1) is 11.4 Å². The van der Waals surface area contributed by atoms with E-state index < -0.39 is 6.17 Å². The number of anilines is 1. The predicted molar refractivity (Wildman–Crippen MR) is 81.3 cm³/mol. The van der Waals surface area contributed by atoms with E-state index in [-0.39, 0.29) is 12.7 Å². The van der Waals surface area contributed by atoms with Crippen molar-refractivity contribution in [3.05, 3.63) is 53.6 Å². The standard InChI is InChI=1S/C16H13N3O3/c17-15-16(20)18-11-4-2-1-3-10(11)14(19-15)9-5-6-12-13(7-9)22-8-21-12/h1-7,15H,8,17H2,(H,18,20). The molecule has 22 heavy (non-hydrogen) atoms. The van der Waals surface area contributed by atoms with Crippen LogP contribution < -0.4 is 20.5 Å². The normalized spacial score (nSPS) is 19.0. The molecule has 110 valence electrons. The van der Waals surface area contributed by atoms with Crippen molar-refractivity contribution < 1.29 is 14.3 Å². The van der Waals surface area contributed by atoms with Crippen LogP contribution >= 0.6 is 0 Å². The highest BCUT2D eigenvalue weighted by Gasteiger charge is 2.24. The van der Waals surface area contributed by atoms with Gasteiger partial charge in [-0.25, -0.2) is 0 Å². The number of fused-ring (bicyclic) bond motifs is 2. The molecule has 1 atom stereocenters. The van der Waals surface area contributed by atoms with E-state index in [0.717, 1.165) is 11.1 Å². The van der Waals surface area contributed by atoms with Crippen molar-refractivity contribution in [3.8, 4) is 11.5 Å². The smallest absolute Gasteiger partial charge is 0.263 e. The molecule has 6 heteroatoms. The molecule has 3 N–H and O–H groups in total. The highest BCUT2D eigenvalue weighted by Crippen LogP contribution is 2.34. The minimum atomic E-state index is -0.951. The van der Waals surface area contributed by atoms with E-state index in [1.165, 1.54) is 0 Å². The van der Waals surface area contributed by atoms with Crippen molar-refractivity contribution in [1.82, 2.24) is 0 Å². The molecule has 1 amide bonds. The molecule has 0 saturated carbocycles. The predicted octanol–water partition coefficient (Wildman–Crippen LogP) is 1.49. The molecule has 0 fully saturated rings. The van der Waals surface area contributed by atoms with Crippen molar-refractivity contribution in [2.45, 2.75) is 6.17 Å². The Kier molecular flexibility index (Phi) is 2.83. The molecule has 0 bridgehead atoms. The minimum absolute atomic E-state index is 0.210. The number of para-hydroxylation sites is 1. The largest absolute Gasteiger partial charge is 0.454 e. The van der Waals surface area contributed by atoms with Crippen LogP contribution in [-0.2, 0) is 4.79 Å². The van der Waals surface area contributed by atoms with Crippen LogP contribution in [0.15, 0.2) is 47.5 Å². The molecule has 1 unspecified atom stereocenters. The second-order valence-corrected chi connectivity index (χ2v) is 5.03. The van der Waals surface area contributed by atoms with Gasteiger partial charge in [-0.2, -0.15) is 0 Å². The number of carbonyl (C=O) groups excluding carboxylic acids is 1. The molecule has 2 aliphatic heterocycles. The lowest BCUT2D eigenvalue weighted by atomic mass is 10.0. The van der Waals surface area contributed by atoms with Gasteiger partial charge in [0.25, 0.3) is 5.91 Å². The van der Waals surface area contributed by atoms with Crippen LogP contribution in [-0.4, -0.2) is 24.6 Å². The highest BCUT2D eigenvalue weighted by molar-refractivity contribution is 6.19. The zero-order valence-corrected chi connectivity index (χ0v) is 11.6. The van der Waals surface area contributed by atoms with Crippen LogP contribution in [0.4, 0.5) is 5.69 Å². The molecule has 2 aliphatic rings. The van der Waals surface area contributed by atoms with Gasteiger partial charge in [0.15, 0.2) is 17.7 Å². The number of benzene rings is 2. The Bertz CT molecular complexity index is 801. The summed E-state index contributed by atoms with van der Waals surface area (Å²) >= 11 is 0. The number of aliphatic imine (C=N–C) groups is 1. The van der Waals surface area contributed by atoms with Crippen molar-refractivity contribution in [3.63, 3.8) is 0 Å². The average Bonchev–Trinajstić information content (AvgIpc) is 2.95. The number of hydrogen-bond acceptors (Lipinski definition) is 5. The van der Waals surface area contributed by atoms with Gasteiger partial charge in [0.2, 0.25) is 6.79 Å². The quantitative estimate of drug-likeness (QED) is 0.834. The number of nitrogens with zero attached hydrogens (tertiary/aromatic N) is 1. The van der Waals surface area contributed by atoms with Gasteiger partial charge in [-0.3, -0.25) is 9.79 Å². The maximum atomic E-state index is 12.0. The van der Waals surface area contributed by atoms with Gasteiger partial charge >= 0.3 is 0 Å². The first kappa shape index (κ1) is 12.8. The number of carbonyl (C=O) groups is 1. The third-order valence-corrected chi connectivity index (χ3v) is 3.62. The lowest BCUT2D eigenvalue weighted by molar-refractivity contribution is -0.117. The summed E-state index contributed by atoms with van der Waals surface area (Å²) in [4.78, 5) is 16.3. The van der Waals surface area contributed by atoms with Crippen molar-refractivity contribution in [2.24, 2.45) is 10.7 Å². The molecule has 0 aliphatic carbocycles. The molecular weight excluding hydrogens is 282 g/mol. The Morgan fingerprint density at radius 3 is 2.86 bits per heavy atom. The van der Waals surface area contributed by atoms with Crippen molar-refractivity contribution in [2.75, 3.05) is 12.1 Å². The van der Waals surface area contributed by atoms with Crippen molar-refractivity contribution in [1.29, 1.82) is 0 Å². The van der Waals surface area contributed by atoms with Gasteiger partial charge in [0.1, 0.15) is 0 Å². The maximum absolute atomic E-state index is 12.0. The first-order chi connectivity index (χ1) is 10.7. The molecule has 2 heterocycles.